The summed E-state index contributed by atoms with van der Waals surface area (Å²) in [5, 5.41) is 0.689. The van der Waals surface area contributed by atoms with Gasteiger partial charge in [-0.1, -0.05) is 30.7 Å². The fraction of sp³-hybridized carbons (Fsp3) is 0.476. The number of aromatic nitrogens is 2. The standard InChI is InChI=1S/C21H26ClN5O/c1-2-17-11-18(25-20(24-17)26-9-3-4-10-26)27-13-21(14-27,19(23)28)12-15-5-7-16(22)8-6-15/h5-8,11H,2-4,9-10,12-14H2,1H3,(H2,23,28). The van der Waals surface area contributed by atoms with Gasteiger partial charge in [-0.05, 0) is 43.4 Å². The Morgan fingerprint density at radius 1 is 1.14 bits per heavy atom. The van der Waals surface area contributed by atoms with Crippen molar-refractivity contribution in [1.29, 1.82) is 0 Å². The summed E-state index contributed by atoms with van der Waals surface area (Å²) in [5.74, 6) is 1.44. The summed E-state index contributed by atoms with van der Waals surface area (Å²) in [5.41, 5.74) is 7.33. The first-order valence-corrected chi connectivity index (χ1v) is 10.3. The van der Waals surface area contributed by atoms with Gasteiger partial charge >= 0.3 is 0 Å². The molecule has 148 valence electrons. The van der Waals surface area contributed by atoms with Crippen LogP contribution in [-0.4, -0.2) is 42.1 Å². The number of hydrogen-bond donors (Lipinski definition) is 1. The molecule has 1 amide bonds. The SMILES string of the molecule is CCc1cc(N2CC(Cc3ccc(Cl)cc3)(C(N)=O)C2)nc(N2CCCC2)n1. The molecule has 0 aliphatic carbocycles. The second-order valence-corrected chi connectivity index (χ2v) is 8.31. The van der Waals surface area contributed by atoms with Crippen LogP contribution in [0.15, 0.2) is 30.3 Å². The van der Waals surface area contributed by atoms with E-state index in [4.69, 9.17) is 27.3 Å². The molecule has 0 unspecified atom stereocenters. The van der Waals surface area contributed by atoms with E-state index in [9.17, 15) is 4.79 Å². The first-order valence-electron chi connectivity index (χ1n) is 9.91. The third kappa shape index (κ3) is 3.65. The summed E-state index contributed by atoms with van der Waals surface area (Å²) in [7, 11) is 0. The van der Waals surface area contributed by atoms with Crippen LogP contribution in [0.2, 0.25) is 5.02 Å². The zero-order valence-electron chi connectivity index (χ0n) is 16.2. The number of nitrogens with two attached hydrogens (primary N) is 1. The van der Waals surface area contributed by atoms with Gasteiger partial charge in [-0.2, -0.15) is 4.98 Å². The van der Waals surface area contributed by atoms with Gasteiger partial charge in [0.05, 0.1) is 5.41 Å². The highest BCUT2D eigenvalue weighted by molar-refractivity contribution is 6.30. The molecule has 7 heteroatoms. The average molecular weight is 400 g/mol. The number of nitrogens with zero attached hydrogens (tertiary/aromatic N) is 4. The fourth-order valence-corrected chi connectivity index (χ4v) is 4.19. The van der Waals surface area contributed by atoms with Gasteiger partial charge in [0, 0.05) is 43.0 Å². The Morgan fingerprint density at radius 2 is 1.82 bits per heavy atom. The number of benzene rings is 1. The van der Waals surface area contributed by atoms with E-state index in [0.29, 0.717) is 24.5 Å². The van der Waals surface area contributed by atoms with Crippen molar-refractivity contribution < 1.29 is 4.79 Å². The molecule has 0 atom stereocenters. The van der Waals surface area contributed by atoms with E-state index in [1.165, 1.54) is 12.8 Å². The summed E-state index contributed by atoms with van der Waals surface area (Å²) in [6.45, 7) is 5.27. The highest BCUT2D eigenvalue weighted by Crippen LogP contribution is 2.37. The number of hydrogen-bond acceptors (Lipinski definition) is 5. The number of rotatable bonds is 6. The first-order chi connectivity index (χ1) is 13.5. The zero-order chi connectivity index (χ0) is 19.7. The van der Waals surface area contributed by atoms with Gasteiger partial charge in [0.1, 0.15) is 5.82 Å². The van der Waals surface area contributed by atoms with Gasteiger partial charge in [-0.3, -0.25) is 4.79 Å². The van der Waals surface area contributed by atoms with Gasteiger partial charge in [0.25, 0.3) is 0 Å². The quantitative estimate of drug-likeness (QED) is 0.808. The van der Waals surface area contributed by atoms with E-state index in [1.807, 2.05) is 30.3 Å². The molecular formula is C21H26ClN5O. The van der Waals surface area contributed by atoms with Crippen LogP contribution >= 0.6 is 11.6 Å². The maximum Gasteiger partial charge on any atom is 0.227 e. The number of halogens is 1. The summed E-state index contributed by atoms with van der Waals surface area (Å²) in [6, 6.07) is 9.65. The fourth-order valence-electron chi connectivity index (χ4n) is 4.07. The molecule has 2 aliphatic heterocycles. The molecule has 0 radical (unpaired) electrons. The highest BCUT2D eigenvalue weighted by atomic mass is 35.5. The Morgan fingerprint density at radius 3 is 2.43 bits per heavy atom. The first kappa shape index (κ1) is 19.0. The van der Waals surface area contributed by atoms with E-state index in [2.05, 4.69) is 16.7 Å². The Balaban J connectivity index is 1.54. The van der Waals surface area contributed by atoms with Crippen LogP contribution in [0, 0.1) is 5.41 Å². The van der Waals surface area contributed by atoms with Gasteiger partial charge in [-0.15, -0.1) is 0 Å². The van der Waals surface area contributed by atoms with Crippen molar-refractivity contribution in [3.05, 3.63) is 46.6 Å². The maximum absolute atomic E-state index is 12.3. The van der Waals surface area contributed by atoms with Crippen LogP contribution in [-0.2, 0) is 17.6 Å². The molecule has 2 aliphatic rings. The van der Waals surface area contributed by atoms with E-state index >= 15 is 0 Å². The Kier molecular flexibility index (Phi) is 5.15. The molecule has 0 saturated carbocycles. The Bertz CT molecular complexity index is 858. The summed E-state index contributed by atoms with van der Waals surface area (Å²) < 4.78 is 0. The van der Waals surface area contributed by atoms with E-state index < -0.39 is 5.41 Å². The third-order valence-electron chi connectivity index (χ3n) is 5.79. The van der Waals surface area contributed by atoms with Gasteiger partial charge in [0.2, 0.25) is 11.9 Å². The highest BCUT2D eigenvalue weighted by Gasteiger charge is 2.48. The molecule has 2 saturated heterocycles. The van der Waals surface area contributed by atoms with Crippen molar-refractivity contribution in [1.82, 2.24) is 9.97 Å². The van der Waals surface area contributed by atoms with E-state index in [-0.39, 0.29) is 5.91 Å². The second-order valence-electron chi connectivity index (χ2n) is 7.87. The molecule has 4 rings (SSSR count). The van der Waals surface area contributed by atoms with Crippen LogP contribution in [0.4, 0.5) is 11.8 Å². The number of carbonyl (C=O) groups excluding carboxylic acids is 1. The Labute approximate surface area is 170 Å². The lowest BCUT2D eigenvalue weighted by Crippen LogP contribution is -2.64. The molecule has 2 aromatic rings. The largest absolute Gasteiger partial charge is 0.369 e. The number of anilines is 2. The Hall–Kier alpha value is -2.34. The molecule has 28 heavy (non-hydrogen) atoms. The van der Waals surface area contributed by atoms with E-state index in [1.54, 1.807) is 0 Å². The molecule has 2 fully saturated rings. The van der Waals surface area contributed by atoms with Crippen molar-refractivity contribution in [2.75, 3.05) is 36.0 Å². The van der Waals surface area contributed by atoms with Crippen molar-refractivity contribution in [2.45, 2.75) is 32.6 Å². The van der Waals surface area contributed by atoms with Crippen molar-refractivity contribution in [3.8, 4) is 0 Å². The lowest BCUT2D eigenvalue weighted by molar-refractivity contribution is -0.129. The molecule has 1 aromatic carbocycles. The van der Waals surface area contributed by atoms with Crippen LogP contribution in [0.3, 0.4) is 0 Å². The number of amides is 1. The van der Waals surface area contributed by atoms with Gasteiger partial charge in [-0.25, -0.2) is 4.98 Å². The molecule has 0 bridgehead atoms. The predicted molar refractivity (Wildman–Crippen MR) is 112 cm³/mol. The molecule has 3 heterocycles. The topological polar surface area (TPSA) is 75.3 Å². The smallest absolute Gasteiger partial charge is 0.227 e. The minimum atomic E-state index is -0.570. The monoisotopic (exact) mass is 399 g/mol. The van der Waals surface area contributed by atoms with Crippen LogP contribution in [0.5, 0.6) is 0 Å². The van der Waals surface area contributed by atoms with Crippen molar-refractivity contribution in [2.24, 2.45) is 11.1 Å². The van der Waals surface area contributed by atoms with Gasteiger partial charge < -0.3 is 15.5 Å². The maximum atomic E-state index is 12.3. The molecular weight excluding hydrogens is 374 g/mol. The average Bonchev–Trinajstić information content (AvgIpc) is 3.20. The summed E-state index contributed by atoms with van der Waals surface area (Å²) >= 11 is 5.98. The molecule has 0 spiro atoms. The van der Waals surface area contributed by atoms with Gasteiger partial charge in [0.15, 0.2) is 0 Å². The minimum Gasteiger partial charge on any atom is -0.369 e. The zero-order valence-corrected chi connectivity index (χ0v) is 17.0. The van der Waals surface area contributed by atoms with Crippen molar-refractivity contribution >= 4 is 29.3 Å². The lowest BCUT2D eigenvalue weighted by atomic mass is 9.74. The number of carbonyl (C=O) groups is 1. The molecule has 2 N–H and O–H groups in total. The van der Waals surface area contributed by atoms with Crippen LogP contribution in [0.25, 0.3) is 0 Å². The third-order valence-corrected chi connectivity index (χ3v) is 6.05. The summed E-state index contributed by atoms with van der Waals surface area (Å²) in [4.78, 5) is 26.2. The number of primary amides is 1. The van der Waals surface area contributed by atoms with Crippen molar-refractivity contribution in [3.63, 3.8) is 0 Å². The minimum absolute atomic E-state index is 0.261. The molecule has 1 aromatic heterocycles. The van der Waals surface area contributed by atoms with Crippen LogP contribution < -0.4 is 15.5 Å². The normalized spacial score (nSPS) is 18.2. The van der Waals surface area contributed by atoms with E-state index in [0.717, 1.165) is 42.5 Å². The van der Waals surface area contributed by atoms with Crippen LogP contribution in [0.1, 0.15) is 31.0 Å². The predicted octanol–water partition coefficient (Wildman–Crippen LogP) is 2.83. The lowest BCUT2D eigenvalue weighted by Gasteiger charge is -2.49. The summed E-state index contributed by atoms with van der Waals surface area (Å²) in [6.07, 6.45) is 3.84. The second kappa shape index (κ2) is 7.59. The number of aryl methyl sites for hydroxylation is 1. The molecule has 6 nitrogen and oxygen atoms in total.